The predicted molar refractivity (Wildman–Crippen MR) is 96.1 cm³/mol. The summed E-state index contributed by atoms with van der Waals surface area (Å²) in [6.45, 7) is 1.34. The van der Waals surface area contributed by atoms with Crippen molar-refractivity contribution >= 4 is 5.91 Å². The second-order valence-electron chi connectivity index (χ2n) is 6.75. The SMILES string of the molecule is CO[C@H](C(=O)N1CCC(Cc2nnc(CO)n2C)CC1)c1ccccc1. The van der Waals surface area contributed by atoms with Crippen LogP contribution in [0.25, 0.3) is 0 Å². The van der Waals surface area contributed by atoms with E-state index < -0.39 is 6.10 Å². The summed E-state index contributed by atoms with van der Waals surface area (Å²) in [5, 5.41) is 17.4. The molecule has 2 heterocycles. The number of benzene rings is 1. The van der Waals surface area contributed by atoms with Crippen molar-refractivity contribution in [3.8, 4) is 0 Å². The number of rotatable bonds is 6. The first-order valence-corrected chi connectivity index (χ1v) is 8.98. The van der Waals surface area contributed by atoms with Crippen LogP contribution in [-0.4, -0.2) is 50.9 Å². The Hall–Kier alpha value is -2.25. The maximum absolute atomic E-state index is 12.8. The van der Waals surface area contributed by atoms with E-state index in [9.17, 15) is 9.90 Å². The van der Waals surface area contributed by atoms with Crippen LogP contribution in [0.1, 0.15) is 36.2 Å². The van der Waals surface area contributed by atoms with E-state index in [2.05, 4.69) is 10.2 Å². The quantitative estimate of drug-likeness (QED) is 0.846. The Morgan fingerprint density at radius 1 is 1.23 bits per heavy atom. The minimum absolute atomic E-state index is 0.0263. The van der Waals surface area contributed by atoms with Gasteiger partial charge in [0.05, 0.1) is 0 Å². The highest BCUT2D eigenvalue weighted by Crippen LogP contribution is 2.25. The number of hydrogen-bond acceptors (Lipinski definition) is 5. The lowest BCUT2D eigenvalue weighted by atomic mass is 9.92. The molecule has 140 valence electrons. The standard InChI is InChI=1S/C19H26N4O3/c1-22-16(20-21-17(22)13-24)12-14-8-10-23(11-9-14)19(25)18(26-2)15-6-4-3-5-7-15/h3-7,14,18,24H,8-13H2,1-2H3/t18-/m0/s1. The van der Waals surface area contributed by atoms with Crippen molar-refractivity contribution in [3.63, 3.8) is 0 Å². The molecule has 1 aromatic carbocycles. The van der Waals surface area contributed by atoms with E-state index in [-0.39, 0.29) is 12.5 Å². The highest BCUT2D eigenvalue weighted by atomic mass is 16.5. The molecule has 1 saturated heterocycles. The molecular weight excluding hydrogens is 332 g/mol. The number of carbonyl (C=O) groups excluding carboxylic acids is 1. The largest absolute Gasteiger partial charge is 0.388 e. The van der Waals surface area contributed by atoms with E-state index >= 15 is 0 Å². The average Bonchev–Trinajstić information content (AvgIpc) is 3.03. The summed E-state index contributed by atoms with van der Waals surface area (Å²) in [5.74, 6) is 1.96. The zero-order valence-corrected chi connectivity index (χ0v) is 15.3. The summed E-state index contributed by atoms with van der Waals surface area (Å²) >= 11 is 0. The van der Waals surface area contributed by atoms with Gasteiger partial charge in [0.2, 0.25) is 0 Å². The Balaban J connectivity index is 1.57. The van der Waals surface area contributed by atoms with Crippen molar-refractivity contribution in [1.82, 2.24) is 19.7 Å². The van der Waals surface area contributed by atoms with Crippen LogP contribution in [0.5, 0.6) is 0 Å². The van der Waals surface area contributed by atoms with Crippen molar-refractivity contribution < 1.29 is 14.6 Å². The molecule has 1 fully saturated rings. The van der Waals surface area contributed by atoms with E-state index in [4.69, 9.17) is 4.74 Å². The van der Waals surface area contributed by atoms with Crippen LogP contribution in [0.4, 0.5) is 0 Å². The van der Waals surface area contributed by atoms with Gasteiger partial charge < -0.3 is 19.3 Å². The molecule has 2 aromatic rings. The molecule has 0 bridgehead atoms. The number of amides is 1. The molecule has 3 rings (SSSR count). The number of aliphatic hydroxyl groups excluding tert-OH is 1. The highest BCUT2D eigenvalue weighted by molar-refractivity contribution is 5.82. The molecule has 0 saturated carbocycles. The number of carbonyl (C=O) groups is 1. The maximum atomic E-state index is 12.8. The lowest BCUT2D eigenvalue weighted by molar-refractivity contribution is -0.143. The minimum atomic E-state index is -0.543. The second kappa shape index (κ2) is 8.42. The molecule has 0 unspecified atom stereocenters. The first-order valence-electron chi connectivity index (χ1n) is 8.98. The maximum Gasteiger partial charge on any atom is 0.256 e. The third-order valence-corrected chi connectivity index (χ3v) is 5.16. The van der Waals surface area contributed by atoms with E-state index in [0.29, 0.717) is 11.7 Å². The smallest absolute Gasteiger partial charge is 0.256 e. The van der Waals surface area contributed by atoms with Crippen LogP contribution >= 0.6 is 0 Å². The third kappa shape index (κ3) is 3.94. The Labute approximate surface area is 153 Å². The summed E-state index contributed by atoms with van der Waals surface area (Å²) in [4.78, 5) is 14.7. The fourth-order valence-corrected chi connectivity index (χ4v) is 3.50. The number of nitrogens with zero attached hydrogens (tertiary/aromatic N) is 4. The fourth-order valence-electron chi connectivity index (χ4n) is 3.50. The lowest BCUT2D eigenvalue weighted by Gasteiger charge is -2.33. The number of aliphatic hydroxyl groups is 1. The number of aromatic nitrogens is 3. The topological polar surface area (TPSA) is 80.5 Å². The summed E-state index contributed by atoms with van der Waals surface area (Å²) in [5.41, 5.74) is 0.887. The molecule has 1 aromatic heterocycles. The molecular formula is C19H26N4O3. The van der Waals surface area contributed by atoms with Gasteiger partial charge in [0.25, 0.3) is 5.91 Å². The molecule has 1 atom stereocenters. The second-order valence-corrected chi connectivity index (χ2v) is 6.75. The first kappa shape index (κ1) is 18.5. The van der Waals surface area contributed by atoms with Crippen LogP contribution in [0.3, 0.4) is 0 Å². The van der Waals surface area contributed by atoms with Gasteiger partial charge in [-0.05, 0) is 24.3 Å². The van der Waals surface area contributed by atoms with Gasteiger partial charge in [-0.25, -0.2) is 0 Å². The summed E-state index contributed by atoms with van der Waals surface area (Å²) < 4.78 is 7.32. The van der Waals surface area contributed by atoms with Gasteiger partial charge in [0.1, 0.15) is 12.4 Å². The van der Waals surface area contributed by atoms with Gasteiger partial charge in [0, 0.05) is 33.7 Å². The molecule has 0 radical (unpaired) electrons. The van der Waals surface area contributed by atoms with Crippen LogP contribution in [0, 0.1) is 5.92 Å². The van der Waals surface area contributed by atoms with Gasteiger partial charge in [-0.2, -0.15) is 0 Å². The van der Waals surface area contributed by atoms with Crippen molar-refractivity contribution in [2.45, 2.75) is 32.0 Å². The van der Waals surface area contributed by atoms with Crippen LogP contribution in [-0.2, 0) is 29.6 Å². The number of ether oxygens (including phenoxy) is 1. The number of piperidine rings is 1. The fraction of sp³-hybridized carbons (Fsp3) is 0.526. The van der Waals surface area contributed by atoms with Crippen molar-refractivity contribution in [3.05, 3.63) is 47.5 Å². The Bertz CT molecular complexity index is 724. The number of likely N-dealkylation sites (tertiary alicyclic amines) is 1. The third-order valence-electron chi connectivity index (χ3n) is 5.16. The lowest BCUT2D eigenvalue weighted by Crippen LogP contribution is -2.42. The van der Waals surface area contributed by atoms with Gasteiger partial charge >= 0.3 is 0 Å². The van der Waals surface area contributed by atoms with E-state index in [1.54, 1.807) is 7.11 Å². The van der Waals surface area contributed by atoms with Crippen LogP contribution < -0.4 is 0 Å². The zero-order valence-electron chi connectivity index (χ0n) is 15.3. The molecule has 0 spiro atoms. The highest BCUT2D eigenvalue weighted by Gasteiger charge is 2.29. The predicted octanol–water partition coefficient (Wildman–Crippen LogP) is 1.48. The monoisotopic (exact) mass is 358 g/mol. The first-order chi connectivity index (χ1) is 12.6. The molecule has 7 heteroatoms. The summed E-state index contributed by atoms with van der Waals surface area (Å²) in [7, 11) is 3.46. The van der Waals surface area contributed by atoms with E-state index in [1.807, 2.05) is 46.8 Å². The Morgan fingerprint density at radius 2 is 1.88 bits per heavy atom. The zero-order chi connectivity index (χ0) is 18.5. The summed E-state index contributed by atoms with van der Waals surface area (Å²) in [6, 6.07) is 9.61. The van der Waals surface area contributed by atoms with Gasteiger partial charge in [-0.1, -0.05) is 30.3 Å². The van der Waals surface area contributed by atoms with Crippen LogP contribution in [0.15, 0.2) is 30.3 Å². The molecule has 1 aliphatic heterocycles. The Kier molecular flexibility index (Phi) is 6.00. The molecule has 26 heavy (non-hydrogen) atoms. The summed E-state index contributed by atoms with van der Waals surface area (Å²) in [6.07, 6.45) is 2.13. The van der Waals surface area contributed by atoms with Crippen LogP contribution in [0.2, 0.25) is 0 Å². The van der Waals surface area contributed by atoms with E-state index in [0.717, 1.165) is 43.7 Å². The average molecular weight is 358 g/mol. The Morgan fingerprint density at radius 3 is 2.46 bits per heavy atom. The normalized spacial score (nSPS) is 16.7. The molecule has 1 N–H and O–H groups in total. The van der Waals surface area contributed by atoms with Crippen molar-refractivity contribution in [2.75, 3.05) is 20.2 Å². The van der Waals surface area contributed by atoms with Gasteiger partial charge in [-0.3, -0.25) is 4.79 Å². The van der Waals surface area contributed by atoms with Crippen molar-refractivity contribution in [1.29, 1.82) is 0 Å². The molecule has 7 nitrogen and oxygen atoms in total. The minimum Gasteiger partial charge on any atom is -0.388 e. The number of methoxy groups -OCH3 is 1. The van der Waals surface area contributed by atoms with Crippen molar-refractivity contribution in [2.24, 2.45) is 13.0 Å². The van der Waals surface area contributed by atoms with Gasteiger partial charge in [-0.15, -0.1) is 10.2 Å². The van der Waals surface area contributed by atoms with Gasteiger partial charge in [0.15, 0.2) is 11.9 Å². The van der Waals surface area contributed by atoms with E-state index in [1.165, 1.54) is 0 Å². The molecule has 1 amide bonds. The molecule has 1 aliphatic rings. The number of hydrogen-bond donors (Lipinski definition) is 1. The molecule has 0 aliphatic carbocycles.